The fourth-order valence-corrected chi connectivity index (χ4v) is 4.48. The van der Waals surface area contributed by atoms with Gasteiger partial charge < -0.3 is 19.7 Å². The Kier molecular flexibility index (Phi) is 9.37. The van der Waals surface area contributed by atoms with E-state index in [9.17, 15) is 9.59 Å². The third-order valence-corrected chi connectivity index (χ3v) is 6.54. The normalized spacial score (nSPS) is 14.8. The number of hydrogen-bond donors (Lipinski definition) is 1. The second-order valence-corrected chi connectivity index (χ2v) is 9.19. The van der Waals surface area contributed by atoms with Crippen LogP contribution in [0.2, 0.25) is 0 Å². The molecule has 0 heterocycles. The quantitative estimate of drug-likeness (QED) is 0.538. The van der Waals surface area contributed by atoms with Gasteiger partial charge in [0.1, 0.15) is 17.5 Å². The summed E-state index contributed by atoms with van der Waals surface area (Å²) >= 11 is 0. The zero-order valence-electron chi connectivity index (χ0n) is 20.9. The average molecular weight is 467 g/mol. The van der Waals surface area contributed by atoms with E-state index < -0.39 is 6.04 Å². The van der Waals surface area contributed by atoms with Crippen molar-refractivity contribution in [2.75, 3.05) is 13.7 Å². The number of benzene rings is 2. The molecule has 1 fully saturated rings. The lowest BCUT2D eigenvalue weighted by atomic mass is 9.95. The Balaban J connectivity index is 1.77. The van der Waals surface area contributed by atoms with Gasteiger partial charge in [0.15, 0.2) is 6.61 Å². The summed E-state index contributed by atoms with van der Waals surface area (Å²) in [5, 5.41) is 3.21. The molecular formula is C28H38N2O4. The average Bonchev–Trinajstić information content (AvgIpc) is 2.85. The van der Waals surface area contributed by atoms with Gasteiger partial charge in [-0.1, -0.05) is 50.5 Å². The van der Waals surface area contributed by atoms with Gasteiger partial charge in [-0.3, -0.25) is 9.59 Å². The molecule has 0 saturated heterocycles. The van der Waals surface area contributed by atoms with Gasteiger partial charge >= 0.3 is 0 Å². The van der Waals surface area contributed by atoms with E-state index in [1.165, 1.54) is 6.42 Å². The predicted octanol–water partition coefficient (Wildman–Crippen LogP) is 4.95. The first kappa shape index (κ1) is 25.6. The van der Waals surface area contributed by atoms with Crippen molar-refractivity contribution < 1.29 is 19.1 Å². The van der Waals surface area contributed by atoms with E-state index in [-0.39, 0.29) is 24.5 Å². The van der Waals surface area contributed by atoms with E-state index in [2.05, 4.69) is 5.32 Å². The molecule has 1 N–H and O–H groups in total. The minimum absolute atomic E-state index is 0.0806. The predicted molar refractivity (Wildman–Crippen MR) is 134 cm³/mol. The minimum Gasteiger partial charge on any atom is -0.497 e. The summed E-state index contributed by atoms with van der Waals surface area (Å²) in [6, 6.07) is 13.2. The standard InChI is InChI=1S/C28H38N2O4/c1-5-25(28(32)29-23-9-7-6-8-10-23)30(18-22-13-15-24(33-4)16-14-22)27(31)19-34-26-17-20(2)11-12-21(26)3/h11-17,23,25H,5-10,18-19H2,1-4H3,(H,29,32)/t25-/m1/s1. The van der Waals surface area contributed by atoms with Gasteiger partial charge in [-0.15, -0.1) is 0 Å². The number of aryl methyl sites for hydroxylation is 2. The first-order chi connectivity index (χ1) is 16.4. The number of nitrogens with one attached hydrogen (secondary N) is 1. The number of methoxy groups -OCH3 is 1. The molecule has 0 spiro atoms. The molecular weight excluding hydrogens is 428 g/mol. The summed E-state index contributed by atoms with van der Waals surface area (Å²) < 4.78 is 11.2. The highest BCUT2D eigenvalue weighted by Crippen LogP contribution is 2.22. The third kappa shape index (κ3) is 6.99. The molecule has 1 aliphatic carbocycles. The molecule has 2 aromatic carbocycles. The van der Waals surface area contributed by atoms with Crippen molar-refractivity contribution in [1.82, 2.24) is 10.2 Å². The Morgan fingerprint density at radius 1 is 1.06 bits per heavy atom. The Morgan fingerprint density at radius 2 is 1.76 bits per heavy atom. The number of ether oxygens (including phenoxy) is 2. The first-order valence-corrected chi connectivity index (χ1v) is 12.3. The Labute approximate surface area is 203 Å². The van der Waals surface area contributed by atoms with Crippen molar-refractivity contribution in [2.45, 2.75) is 77.9 Å². The van der Waals surface area contributed by atoms with Crippen molar-refractivity contribution in [1.29, 1.82) is 0 Å². The maximum Gasteiger partial charge on any atom is 0.261 e. The van der Waals surface area contributed by atoms with Crippen LogP contribution in [0.15, 0.2) is 42.5 Å². The molecule has 2 amide bonds. The van der Waals surface area contributed by atoms with E-state index in [0.717, 1.165) is 48.1 Å². The number of amides is 2. The summed E-state index contributed by atoms with van der Waals surface area (Å²) in [5.41, 5.74) is 2.98. The van der Waals surface area contributed by atoms with E-state index in [1.54, 1.807) is 12.0 Å². The second kappa shape index (κ2) is 12.4. The molecule has 0 bridgehead atoms. The summed E-state index contributed by atoms with van der Waals surface area (Å²) in [6.07, 6.45) is 6.04. The number of hydrogen-bond acceptors (Lipinski definition) is 4. The maximum absolute atomic E-state index is 13.4. The van der Waals surface area contributed by atoms with Gasteiger partial charge in [0.25, 0.3) is 5.91 Å². The molecule has 1 atom stereocenters. The number of rotatable bonds is 10. The summed E-state index contributed by atoms with van der Waals surface area (Å²) in [4.78, 5) is 28.4. The van der Waals surface area contributed by atoms with Gasteiger partial charge in [-0.05, 0) is 68.0 Å². The van der Waals surface area contributed by atoms with Crippen LogP contribution in [0.5, 0.6) is 11.5 Å². The molecule has 0 aliphatic heterocycles. The molecule has 1 aliphatic rings. The number of carbonyl (C=O) groups excluding carboxylic acids is 2. The fourth-order valence-electron chi connectivity index (χ4n) is 4.48. The largest absolute Gasteiger partial charge is 0.497 e. The number of carbonyl (C=O) groups is 2. The highest BCUT2D eigenvalue weighted by atomic mass is 16.5. The highest BCUT2D eigenvalue weighted by molar-refractivity contribution is 5.88. The van der Waals surface area contributed by atoms with Crippen LogP contribution in [0.1, 0.15) is 62.1 Å². The Morgan fingerprint density at radius 3 is 2.41 bits per heavy atom. The zero-order chi connectivity index (χ0) is 24.5. The molecule has 0 radical (unpaired) electrons. The van der Waals surface area contributed by atoms with Crippen LogP contribution >= 0.6 is 0 Å². The van der Waals surface area contributed by atoms with Crippen molar-refractivity contribution in [3.05, 3.63) is 59.2 Å². The highest BCUT2D eigenvalue weighted by Gasteiger charge is 2.30. The third-order valence-electron chi connectivity index (χ3n) is 6.54. The molecule has 184 valence electrons. The van der Waals surface area contributed by atoms with Crippen molar-refractivity contribution in [3.8, 4) is 11.5 Å². The number of nitrogens with zero attached hydrogens (tertiary/aromatic N) is 1. The van der Waals surface area contributed by atoms with E-state index in [1.807, 2.05) is 63.2 Å². The van der Waals surface area contributed by atoms with Gasteiger partial charge in [0.05, 0.1) is 7.11 Å². The summed E-state index contributed by atoms with van der Waals surface area (Å²) in [5.74, 6) is 1.16. The van der Waals surface area contributed by atoms with Crippen LogP contribution < -0.4 is 14.8 Å². The lowest BCUT2D eigenvalue weighted by Crippen LogP contribution is -2.52. The summed E-state index contributed by atoms with van der Waals surface area (Å²) in [6.45, 7) is 6.11. The van der Waals surface area contributed by atoms with Crippen molar-refractivity contribution in [2.24, 2.45) is 0 Å². The van der Waals surface area contributed by atoms with E-state index >= 15 is 0 Å². The van der Waals surface area contributed by atoms with Gasteiger partial charge in [-0.25, -0.2) is 0 Å². The van der Waals surface area contributed by atoms with Crippen molar-refractivity contribution >= 4 is 11.8 Å². The zero-order valence-corrected chi connectivity index (χ0v) is 20.9. The molecule has 6 heteroatoms. The SMILES string of the molecule is CC[C@H](C(=O)NC1CCCCC1)N(Cc1ccc(OC)cc1)C(=O)COc1cc(C)ccc1C. The van der Waals surface area contributed by atoms with E-state index in [4.69, 9.17) is 9.47 Å². The molecule has 0 aromatic heterocycles. The molecule has 2 aromatic rings. The topological polar surface area (TPSA) is 67.9 Å². The Bertz CT molecular complexity index is 951. The first-order valence-electron chi connectivity index (χ1n) is 12.3. The van der Waals surface area contributed by atoms with E-state index in [0.29, 0.717) is 18.7 Å². The molecule has 34 heavy (non-hydrogen) atoms. The van der Waals surface area contributed by atoms with Crippen LogP contribution in [0.3, 0.4) is 0 Å². The Hall–Kier alpha value is -3.02. The van der Waals surface area contributed by atoms with Gasteiger partial charge in [0.2, 0.25) is 5.91 Å². The van der Waals surface area contributed by atoms with Crippen LogP contribution in [0, 0.1) is 13.8 Å². The lowest BCUT2D eigenvalue weighted by Gasteiger charge is -2.32. The smallest absolute Gasteiger partial charge is 0.261 e. The maximum atomic E-state index is 13.4. The lowest BCUT2D eigenvalue weighted by molar-refractivity contribution is -0.143. The van der Waals surface area contributed by atoms with Gasteiger partial charge in [0, 0.05) is 12.6 Å². The monoisotopic (exact) mass is 466 g/mol. The van der Waals surface area contributed by atoms with Crippen LogP contribution in [0.4, 0.5) is 0 Å². The fraction of sp³-hybridized carbons (Fsp3) is 0.500. The molecule has 1 saturated carbocycles. The van der Waals surface area contributed by atoms with Crippen LogP contribution in [0.25, 0.3) is 0 Å². The van der Waals surface area contributed by atoms with Crippen LogP contribution in [-0.4, -0.2) is 42.5 Å². The molecule has 6 nitrogen and oxygen atoms in total. The van der Waals surface area contributed by atoms with Crippen LogP contribution in [-0.2, 0) is 16.1 Å². The second-order valence-electron chi connectivity index (χ2n) is 9.19. The molecule has 3 rings (SSSR count). The van der Waals surface area contributed by atoms with Crippen molar-refractivity contribution in [3.63, 3.8) is 0 Å². The molecule has 0 unspecified atom stereocenters. The minimum atomic E-state index is -0.557. The van der Waals surface area contributed by atoms with Gasteiger partial charge in [-0.2, -0.15) is 0 Å². The summed E-state index contributed by atoms with van der Waals surface area (Å²) in [7, 11) is 1.62.